The maximum atomic E-state index is 12.7. The van der Waals surface area contributed by atoms with E-state index in [0.29, 0.717) is 16.6 Å². The van der Waals surface area contributed by atoms with Crippen LogP contribution < -0.4 is 5.32 Å². The van der Waals surface area contributed by atoms with E-state index >= 15 is 0 Å². The molecule has 3 aromatic carbocycles. The highest BCUT2D eigenvalue weighted by molar-refractivity contribution is 6.42. The molecular weight excluding hydrogens is 453 g/mol. The van der Waals surface area contributed by atoms with Gasteiger partial charge in [-0.1, -0.05) is 71.7 Å². The average molecular weight is 476 g/mol. The van der Waals surface area contributed by atoms with Crippen molar-refractivity contribution in [2.75, 3.05) is 0 Å². The quantitative estimate of drug-likeness (QED) is 0.354. The van der Waals surface area contributed by atoms with Crippen LogP contribution in [0.5, 0.6) is 0 Å². The summed E-state index contributed by atoms with van der Waals surface area (Å²) in [5.74, 6) is 1.08. The van der Waals surface area contributed by atoms with Crippen molar-refractivity contribution in [3.05, 3.63) is 99.9 Å². The Hall–Kier alpha value is -3.08. The maximum Gasteiger partial charge on any atom is 0.224 e. The minimum atomic E-state index is -0.0706. The number of fused-ring (bicyclic) bond motifs is 1. The number of nitrogens with one attached hydrogen (secondary N) is 1. The van der Waals surface area contributed by atoms with Crippen LogP contribution >= 0.6 is 23.2 Å². The molecule has 4 nitrogen and oxygen atoms in total. The van der Waals surface area contributed by atoms with E-state index in [1.54, 1.807) is 12.1 Å². The molecule has 33 heavy (non-hydrogen) atoms. The number of nitrogens with zero attached hydrogens (tertiary/aromatic N) is 2. The number of rotatable bonds is 6. The number of halogens is 2. The molecule has 166 valence electrons. The number of aryl methyl sites for hydroxylation is 2. The van der Waals surface area contributed by atoms with E-state index in [1.807, 2.05) is 24.3 Å². The maximum absolute atomic E-state index is 12.7. The zero-order valence-electron chi connectivity index (χ0n) is 18.0. The van der Waals surface area contributed by atoms with E-state index in [-0.39, 0.29) is 12.3 Å². The van der Waals surface area contributed by atoms with Gasteiger partial charge in [-0.3, -0.25) is 4.79 Å². The molecule has 0 saturated heterocycles. The molecule has 1 amide bonds. The van der Waals surface area contributed by atoms with Gasteiger partial charge in [-0.05, 0) is 46.9 Å². The summed E-state index contributed by atoms with van der Waals surface area (Å²) < 4.78 is 2.24. The minimum absolute atomic E-state index is 0.0706. The zero-order chi connectivity index (χ0) is 22.8. The van der Waals surface area contributed by atoms with Crippen LogP contribution in [0.3, 0.4) is 0 Å². The van der Waals surface area contributed by atoms with Gasteiger partial charge in [-0.25, -0.2) is 4.98 Å². The Morgan fingerprint density at radius 3 is 2.61 bits per heavy atom. The molecule has 0 unspecified atom stereocenters. The molecule has 6 heteroatoms. The van der Waals surface area contributed by atoms with Crippen molar-refractivity contribution < 1.29 is 4.79 Å². The summed E-state index contributed by atoms with van der Waals surface area (Å²) in [7, 11) is 0. The topological polar surface area (TPSA) is 46.9 Å². The second kappa shape index (κ2) is 9.42. The number of aromatic nitrogens is 2. The van der Waals surface area contributed by atoms with Crippen LogP contribution in [0.1, 0.15) is 23.4 Å². The standard InChI is InChI=1S/C27H23Cl2N3O/c28-23-11-8-18(13-24(23)29)14-27(33)30-16-21-15-20(25-17-32-12-4-7-26(32)31-25)9-10-22(21)19-5-2-1-3-6-19/h1-3,5-6,8-11,13,15,17H,4,7,12,14,16H2,(H,30,33). The normalized spacial score (nSPS) is 12.5. The lowest BCUT2D eigenvalue weighted by Crippen LogP contribution is -2.24. The largest absolute Gasteiger partial charge is 0.352 e. The summed E-state index contributed by atoms with van der Waals surface area (Å²) in [5.41, 5.74) is 6.13. The first-order chi connectivity index (χ1) is 16.1. The highest BCUT2D eigenvalue weighted by Crippen LogP contribution is 2.30. The molecule has 0 atom stereocenters. The second-order valence-electron chi connectivity index (χ2n) is 8.28. The Labute approximate surface area is 203 Å². The molecule has 5 rings (SSSR count). The van der Waals surface area contributed by atoms with Gasteiger partial charge in [0.15, 0.2) is 0 Å². The summed E-state index contributed by atoms with van der Waals surface area (Å²) >= 11 is 12.1. The van der Waals surface area contributed by atoms with Crippen LogP contribution in [0.2, 0.25) is 10.0 Å². The number of imidazole rings is 1. The number of carbonyl (C=O) groups excluding carboxylic acids is 1. The number of benzene rings is 3. The van der Waals surface area contributed by atoms with Crippen molar-refractivity contribution in [2.24, 2.45) is 0 Å². The van der Waals surface area contributed by atoms with Crippen LogP contribution in [-0.4, -0.2) is 15.5 Å². The van der Waals surface area contributed by atoms with Crippen LogP contribution in [0, 0.1) is 0 Å². The fourth-order valence-electron chi connectivity index (χ4n) is 4.28. The minimum Gasteiger partial charge on any atom is -0.352 e. The number of hydrogen-bond donors (Lipinski definition) is 1. The van der Waals surface area contributed by atoms with Gasteiger partial charge in [0.05, 0.1) is 22.2 Å². The van der Waals surface area contributed by atoms with Gasteiger partial charge in [-0.15, -0.1) is 0 Å². The van der Waals surface area contributed by atoms with Crippen LogP contribution in [0.15, 0.2) is 72.9 Å². The smallest absolute Gasteiger partial charge is 0.224 e. The molecule has 0 spiro atoms. The van der Waals surface area contributed by atoms with Gasteiger partial charge >= 0.3 is 0 Å². The molecule has 2 heterocycles. The third kappa shape index (κ3) is 4.82. The lowest BCUT2D eigenvalue weighted by Gasteiger charge is -2.13. The molecule has 0 aliphatic carbocycles. The summed E-state index contributed by atoms with van der Waals surface area (Å²) in [6.07, 6.45) is 4.56. The molecule has 1 aromatic heterocycles. The van der Waals surface area contributed by atoms with Gasteiger partial charge in [-0.2, -0.15) is 0 Å². The molecule has 0 saturated carbocycles. The first-order valence-corrected chi connectivity index (χ1v) is 11.8. The molecular formula is C27H23Cl2N3O. The van der Waals surface area contributed by atoms with Gasteiger partial charge in [0.2, 0.25) is 5.91 Å². The van der Waals surface area contributed by atoms with Crippen molar-refractivity contribution in [1.29, 1.82) is 0 Å². The van der Waals surface area contributed by atoms with Crippen LogP contribution in [0.25, 0.3) is 22.4 Å². The molecule has 1 N–H and O–H groups in total. The predicted octanol–water partition coefficient (Wildman–Crippen LogP) is 6.33. The predicted molar refractivity (Wildman–Crippen MR) is 133 cm³/mol. The van der Waals surface area contributed by atoms with Gasteiger partial charge in [0.1, 0.15) is 5.82 Å². The lowest BCUT2D eigenvalue weighted by molar-refractivity contribution is -0.120. The first kappa shape index (κ1) is 21.7. The van der Waals surface area contributed by atoms with Crippen molar-refractivity contribution in [2.45, 2.75) is 32.4 Å². The molecule has 1 aliphatic rings. The molecule has 0 radical (unpaired) electrons. The Morgan fingerprint density at radius 1 is 0.970 bits per heavy atom. The molecule has 4 aromatic rings. The van der Waals surface area contributed by atoms with Gasteiger partial charge < -0.3 is 9.88 Å². The summed E-state index contributed by atoms with van der Waals surface area (Å²) in [6.45, 7) is 1.45. The second-order valence-corrected chi connectivity index (χ2v) is 9.09. The van der Waals surface area contributed by atoms with Crippen LogP contribution in [0.4, 0.5) is 0 Å². The van der Waals surface area contributed by atoms with E-state index in [9.17, 15) is 4.79 Å². The third-order valence-electron chi connectivity index (χ3n) is 5.97. The summed E-state index contributed by atoms with van der Waals surface area (Å²) in [6, 6.07) is 21.9. The number of amides is 1. The van der Waals surface area contributed by atoms with Crippen LogP contribution in [-0.2, 0) is 30.7 Å². The number of carbonyl (C=O) groups is 1. The van der Waals surface area contributed by atoms with Gasteiger partial charge in [0, 0.05) is 31.3 Å². The Kier molecular flexibility index (Phi) is 6.21. The zero-order valence-corrected chi connectivity index (χ0v) is 19.5. The highest BCUT2D eigenvalue weighted by Gasteiger charge is 2.16. The van der Waals surface area contributed by atoms with E-state index in [2.05, 4.69) is 46.4 Å². The van der Waals surface area contributed by atoms with E-state index < -0.39 is 0 Å². The SMILES string of the molecule is O=C(Cc1ccc(Cl)c(Cl)c1)NCc1cc(-c2cn3c(n2)CCC3)ccc1-c1ccccc1. The monoisotopic (exact) mass is 475 g/mol. The average Bonchev–Trinajstić information content (AvgIpc) is 3.43. The van der Waals surface area contributed by atoms with Gasteiger partial charge in [0.25, 0.3) is 0 Å². The van der Waals surface area contributed by atoms with Crippen molar-refractivity contribution in [1.82, 2.24) is 14.9 Å². The van der Waals surface area contributed by atoms with E-state index in [4.69, 9.17) is 28.2 Å². The Balaban J connectivity index is 1.39. The van der Waals surface area contributed by atoms with E-state index in [0.717, 1.165) is 58.7 Å². The number of hydrogen-bond acceptors (Lipinski definition) is 2. The van der Waals surface area contributed by atoms with E-state index in [1.165, 1.54) is 0 Å². The Bertz CT molecular complexity index is 1290. The molecule has 0 fully saturated rings. The fraction of sp³-hybridized carbons (Fsp3) is 0.185. The first-order valence-electron chi connectivity index (χ1n) is 11.0. The fourth-order valence-corrected chi connectivity index (χ4v) is 4.60. The summed E-state index contributed by atoms with van der Waals surface area (Å²) in [5, 5.41) is 4.00. The van der Waals surface area contributed by atoms with Crippen molar-refractivity contribution in [3.8, 4) is 22.4 Å². The highest BCUT2D eigenvalue weighted by atomic mass is 35.5. The Morgan fingerprint density at radius 2 is 1.82 bits per heavy atom. The lowest BCUT2D eigenvalue weighted by atomic mass is 9.96. The third-order valence-corrected chi connectivity index (χ3v) is 6.71. The van der Waals surface area contributed by atoms with Crippen molar-refractivity contribution in [3.63, 3.8) is 0 Å². The molecule has 0 bridgehead atoms. The van der Waals surface area contributed by atoms with Crippen molar-refractivity contribution >= 4 is 29.1 Å². The summed E-state index contributed by atoms with van der Waals surface area (Å²) in [4.78, 5) is 17.5. The molecule has 1 aliphatic heterocycles.